The number of aromatic nitrogens is 1. The quantitative estimate of drug-likeness (QED) is 0.782. The number of anilines is 1. The van der Waals surface area contributed by atoms with Crippen LogP contribution in [0.3, 0.4) is 0 Å². The number of amides is 1. The summed E-state index contributed by atoms with van der Waals surface area (Å²) in [4.78, 5) is 30.9. The molecule has 2 fully saturated rings. The summed E-state index contributed by atoms with van der Waals surface area (Å²) in [5, 5.41) is 0. The fourth-order valence-corrected chi connectivity index (χ4v) is 4.00. The molecule has 1 aromatic rings. The first-order valence-corrected chi connectivity index (χ1v) is 8.83. The third-order valence-corrected chi connectivity index (χ3v) is 5.39. The first kappa shape index (κ1) is 16.5. The molecule has 0 radical (unpaired) electrons. The van der Waals surface area contributed by atoms with Crippen molar-refractivity contribution in [3.05, 3.63) is 23.5 Å². The van der Waals surface area contributed by atoms with Crippen molar-refractivity contribution in [3.8, 4) is 0 Å². The molecule has 1 aromatic heterocycles. The van der Waals surface area contributed by atoms with Crippen molar-refractivity contribution in [3.63, 3.8) is 0 Å². The molecule has 4 rings (SSSR count). The molecule has 1 saturated heterocycles. The Morgan fingerprint density at radius 1 is 1.36 bits per heavy atom. The van der Waals surface area contributed by atoms with E-state index in [0.29, 0.717) is 22.7 Å². The van der Waals surface area contributed by atoms with Crippen LogP contribution in [-0.2, 0) is 9.47 Å². The first-order valence-electron chi connectivity index (χ1n) is 8.83. The van der Waals surface area contributed by atoms with Crippen LogP contribution in [0.1, 0.15) is 62.5 Å². The Balaban J connectivity index is 1.61. The SMILES string of the molecule is CC1C(=O)c2ncc(C3CC4(COC4)C3)cc2N1C(=O)OC(C)(C)C. The molecule has 25 heavy (non-hydrogen) atoms. The Bertz CT molecular complexity index is 740. The van der Waals surface area contributed by atoms with E-state index in [-0.39, 0.29) is 5.78 Å². The molecule has 2 aliphatic heterocycles. The number of pyridine rings is 1. The summed E-state index contributed by atoms with van der Waals surface area (Å²) in [5.74, 6) is 0.290. The molecule has 3 aliphatic rings. The average molecular weight is 344 g/mol. The normalized spacial score (nSPS) is 24.7. The predicted octanol–water partition coefficient (Wildman–Crippen LogP) is 3.30. The highest BCUT2D eigenvalue weighted by Gasteiger charge is 2.50. The van der Waals surface area contributed by atoms with Gasteiger partial charge in [0.1, 0.15) is 17.3 Å². The minimum atomic E-state index is -0.613. The summed E-state index contributed by atoms with van der Waals surface area (Å²) in [7, 11) is 0. The lowest BCUT2D eigenvalue weighted by Gasteiger charge is -2.53. The number of carbonyl (C=O) groups is 2. The lowest BCUT2D eigenvalue weighted by atomic mass is 9.59. The van der Waals surface area contributed by atoms with Crippen molar-refractivity contribution in [1.82, 2.24) is 4.98 Å². The monoisotopic (exact) mass is 344 g/mol. The Hall–Kier alpha value is -1.95. The number of hydrogen-bond donors (Lipinski definition) is 0. The van der Waals surface area contributed by atoms with Gasteiger partial charge in [-0.05, 0) is 58.1 Å². The maximum Gasteiger partial charge on any atom is 0.415 e. The fraction of sp³-hybridized carbons (Fsp3) is 0.632. The third-order valence-electron chi connectivity index (χ3n) is 5.39. The molecule has 1 unspecified atom stereocenters. The predicted molar refractivity (Wildman–Crippen MR) is 92.0 cm³/mol. The standard InChI is InChI=1S/C19H24N2O4/c1-11-16(22)15-14(21(11)17(23)25-18(2,3)4)5-12(8-20-15)13-6-19(7-13)9-24-10-19/h5,8,11,13H,6-7,9-10H2,1-4H3. The van der Waals surface area contributed by atoms with Gasteiger partial charge in [-0.2, -0.15) is 0 Å². The van der Waals surface area contributed by atoms with E-state index in [9.17, 15) is 9.59 Å². The van der Waals surface area contributed by atoms with Crippen LogP contribution in [0.15, 0.2) is 12.3 Å². The van der Waals surface area contributed by atoms with Gasteiger partial charge in [0.05, 0.1) is 18.9 Å². The Morgan fingerprint density at radius 2 is 2.04 bits per heavy atom. The van der Waals surface area contributed by atoms with Crippen LogP contribution in [0.25, 0.3) is 0 Å². The van der Waals surface area contributed by atoms with E-state index in [1.807, 2.05) is 26.8 Å². The van der Waals surface area contributed by atoms with Gasteiger partial charge in [0, 0.05) is 11.6 Å². The van der Waals surface area contributed by atoms with E-state index >= 15 is 0 Å². The van der Waals surface area contributed by atoms with Crippen LogP contribution in [0, 0.1) is 5.41 Å². The van der Waals surface area contributed by atoms with Gasteiger partial charge >= 0.3 is 6.09 Å². The average Bonchev–Trinajstić information content (AvgIpc) is 2.66. The highest BCUT2D eigenvalue weighted by Crippen LogP contribution is 2.55. The minimum Gasteiger partial charge on any atom is -0.443 e. The van der Waals surface area contributed by atoms with E-state index in [2.05, 4.69) is 4.98 Å². The minimum absolute atomic E-state index is 0.134. The van der Waals surface area contributed by atoms with E-state index < -0.39 is 17.7 Å². The second-order valence-corrected chi connectivity index (χ2v) is 8.62. The summed E-state index contributed by atoms with van der Waals surface area (Å²) >= 11 is 0. The zero-order chi connectivity index (χ0) is 18.0. The van der Waals surface area contributed by atoms with Gasteiger partial charge in [0.15, 0.2) is 0 Å². The maximum atomic E-state index is 12.6. The number of Topliss-reactive ketones (excluding diaryl/α,β-unsaturated/α-hetero) is 1. The van der Waals surface area contributed by atoms with Gasteiger partial charge in [-0.3, -0.25) is 14.7 Å². The third kappa shape index (κ3) is 2.63. The van der Waals surface area contributed by atoms with E-state index in [1.165, 1.54) is 4.90 Å². The summed E-state index contributed by atoms with van der Waals surface area (Å²) < 4.78 is 10.8. The molecule has 1 amide bonds. The largest absolute Gasteiger partial charge is 0.443 e. The van der Waals surface area contributed by atoms with Crippen LogP contribution in [0.2, 0.25) is 0 Å². The van der Waals surface area contributed by atoms with Crippen molar-refractivity contribution in [2.45, 2.75) is 58.1 Å². The number of ether oxygens (including phenoxy) is 2. The number of nitrogens with zero attached hydrogens (tertiary/aromatic N) is 2. The Morgan fingerprint density at radius 3 is 2.60 bits per heavy atom. The van der Waals surface area contributed by atoms with Crippen molar-refractivity contribution in [2.24, 2.45) is 5.41 Å². The molecule has 0 N–H and O–H groups in total. The highest BCUT2D eigenvalue weighted by atomic mass is 16.6. The van der Waals surface area contributed by atoms with Crippen molar-refractivity contribution in [2.75, 3.05) is 18.1 Å². The van der Waals surface area contributed by atoms with E-state index in [0.717, 1.165) is 31.6 Å². The highest BCUT2D eigenvalue weighted by molar-refractivity contribution is 6.15. The summed E-state index contributed by atoms with van der Waals surface area (Å²) in [6, 6.07) is 1.37. The van der Waals surface area contributed by atoms with Crippen LogP contribution in [-0.4, -0.2) is 41.7 Å². The Labute approximate surface area is 147 Å². The molecule has 1 aliphatic carbocycles. The number of fused-ring (bicyclic) bond motifs is 1. The summed E-state index contributed by atoms with van der Waals surface area (Å²) in [6.45, 7) is 8.87. The van der Waals surface area contributed by atoms with Gasteiger partial charge in [-0.15, -0.1) is 0 Å². The zero-order valence-electron chi connectivity index (χ0n) is 15.2. The first-order chi connectivity index (χ1) is 11.7. The molecule has 134 valence electrons. The number of hydrogen-bond acceptors (Lipinski definition) is 5. The number of carbonyl (C=O) groups excluding carboxylic acids is 2. The molecule has 1 saturated carbocycles. The zero-order valence-corrected chi connectivity index (χ0v) is 15.2. The van der Waals surface area contributed by atoms with Gasteiger partial charge in [-0.25, -0.2) is 4.79 Å². The molecule has 1 spiro atoms. The van der Waals surface area contributed by atoms with E-state index in [4.69, 9.17) is 9.47 Å². The molecule has 6 nitrogen and oxygen atoms in total. The maximum absolute atomic E-state index is 12.6. The topological polar surface area (TPSA) is 68.7 Å². The summed E-state index contributed by atoms with van der Waals surface area (Å²) in [5.41, 5.74) is 1.78. The molecule has 6 heteroatoms. The van der Waals surface area contributed by atoms with Crippen molar-refractivity contribution >= 4 is 17.6 Å². The van der Waals surface area contributed by atoms with Gasteiger partial charge in [-0.1, -0.05) is 0 Å². The van der Waals surface area contributed by atoms with Gasteiger partial charge in [0.25, 0.3) is 0 Å². The lowest BCUT2D eigenvalue weighted by molar-refractivity contribution is -0.164. The molecule has 0 aromatic carbocycles. The van der Waals surface area contributed by atoms with Crippen molar-refractivity contribution in [1.29, 1.82) is 0 Å². The Kier molecular flexibility index (Phi) is 3.48. The molecule has 0 bridgehead atoms. The summed E-state index contributed by atoms with van der Waals surface area (Å²) in [6.07, 6.45) is 3.47. The molecule has 1 atom stereocenters. The lowest BCUT2D eigenvalue weighted by Crippen LogP contribution is -2.51. The van der Waals surface area contributed by atoms with Crippen LogP contribution < -0.4 is 4.90 Å². The van der Waals surface area contributed by atoms with Crippen molar-refractivity contribution < 1.29 is 19.1 Å². The second-order valence-electron chi connectivity index (χ2n) is 8.62. The van der Waals surface area contributed by atoms with Crippen LogP contribution in [0.5, 0.6) is 0 Å². The number of rotatable bonds is 1. The molecular weight excluding hydrogens is 320 g/mol. The molecule has 3 heterocycles. The van der Waals surface area contributed by atoms with Crippen LogP contribution in [0.4, 0.5) is 10.5 Å². The second kappa shape index (κ2) is 5.27. The fourth-order valence-electron chi connectivity index (χ4n) is 4.00. The van der Waals surface area contributed by atoms with E-state index in [1.54, 1.807) is 13.1 Å². The number of ketones is 1. The smallest absolute Gasteiger partial charge is 0.415 e. The molecular formula is C19H24N2O4. The van der Waals surface area contributed by atoms with Gasteiger partial charge < -0.3 is 9.47 Å². The van der Waals surface area contributed by atoms with Crippen LogP contribution >= 0.6 is 0 Å². The van der Waals surface area contributed by atoms with Gasteiger partial charge in [0.2, 0.25) is 5.78 Å².